The number of alkyl halides is 3. The lowest BCUT2D eigenvalue weighted by Gasteiger charge is -2.13. The molecule has 0 heterocycles. The van der Waals surface area contributed by atoms with Gasteiger partial charge < -0.3 is 16.6 Å². The summed E-state index contributed by atoms with van der Waals surface area (Å²) in [5.41, 5.74) is 9.50. The maximum absolute atomic E-state index is 11.9. The third kappa shape index (κ3) is 4.19. The lowest BCUT2D eigenvalue weighted by Crippen LogP contribution is -2.34. The maximum Gasteiger partial charge on any atom is 0.404 e. The van der Waals surface area contributed by atoms with Crippen LogP contribution in [-0.4, -0.2) is 29.8 Å². The van der Waals surface area contributed by atoms with Gasteiger partial charge in [0.2, 0.25) is 0 Å². The molecule has 5 nitrogen and oxygen atoms in total. The van der Waals surface area contributed by atoms with Gasteiger partial charge in [-0.3, -0.25) is 9.79 Å². The summed E-state index contributed by atoms with van der Waals surface area (Å²) < 4.78 is 35.7. The van der Waals surface area contributed by atoms with Gasteiger partial charge in [-0.25, -0.2) is 0 Å². The van der Waals surface area contributed by atoms with Crippen molar-refractivity contribution in [2.45, 2.75) is 6.18 Å². The van der Waals surface area contributed by atoms with Crippen LogP contribution in [0.25, 0.3) is 0 Å². The first-order valence-electron chi connectivity index (χ1n) is 3.10. The van der Waals surface area contributed by atoms with E-state index < -0.39 is 30.6 Å². The van der Waals surface area contributed by atoms with E-state index in [0.717, 1.165) is 0 Å². The van der Waals surface area contributed by atoms with E-state index in [4.69, 9.17) is 16.6 Å². The summed E-state index contributed by atoms with van der Waals surface area (Å²) in [5.74, 6) is -5.14. The third-order valence-electron chi connectivity index (χ3n) is 1.15. The Morgan fingerprint density at radius 2 is 1.92 bits per heavy atom. The molecule has 0 fully saturated rings. The highest BCUT2D eigenvalue weighted by Gasteiger charge is 2.44. The van der Waals surface area contributed by atoms with Gasteiger partial charge in [-0.05, 0) is 0 Å². The molecule has 0 saturated carbocycles. The molecular weight excluding hydrogens is 191 g/mol. The number of hydrogen-bond acceptors (Lipinski definition) is 2. The predicted molar refractivity (Wildman–Crippen MR) is 37.9 cm³/mol. The Labute approximate surface area is 71.2 Å². The van der Waals surface area contributed by atoms with E-state index in [2.05, 4.69) is 4.99 Å². The van der Waals surface area contributed by atoms with Gasteiger partial charge >= 0.3 is 12.1 Å². The number of nitrogens with two attached hydrogens (primary N) is 2. The summed E-state index contributed by atoms with van der Waals surface area (Å²) >= 11 is 0. The summed E-state index contributed by atoms with van der Waals surface area (Å²) in [6.45, 7) is -0.999. The zero-order valence-corrected chi connectivity index (χ0v) is 6.38. The van der Waals surface area contributed by atoms with Crippen molar-refractivity contribution in [3.05, 3.63) is 0 Å². The molecule has 0 aliphatic rings. The quantitative estimate of drug-likeness (QED) is 0.422. The van der Waals surface area contributed by atoms with Crippen molar-refractivity contribution in [2.75, 3.05) is 6.54 Å². The molecule has 0 aromatic heterocycles. The number of guanidine groups is 1. The van der Waals surface area contributed by atoms with Crippen LogP contribution in [0.1, 0.15) is 0 Å². The van der Waals surface area contributed by atoms with Crippen LogP contribution in [0, 0.1) is 5.92 Å². The fourth-order valence-corrected chi connectivity index (χ4v) is 0.518. The molecule has 0 amide bonds. The molecule has 1 atom stereocenters. The average Bonchev–Trinajstić information content (AvgIpc) is 1.81. The van der Waals surface area contributed by atoms with Crippen LogP contribution in [0.15, 0.2) is 4.99 Å². The number of nitrogens with zero attached hydrogens (tertiary/aromatic N) is 1. The monoisotopic (exact) mass is 199 g/mol. The van der Waals surface area contributed by atoms with Crippen molar-refractivity contribution in [2.24, 2.45) is 22.4 Å². The number of aliphatic imine (C=N–C) groups is 1. The van der Waals surface area contributed by atoms with Crippen molar-refractivity contribution in [1.82, 2.24) is 0 Å². The van der Waals surface area contributed by atoms with E-state index in [1.807, 2.05) is 0 Å². The predicted octanol–water partition coefficient (Wildman–Crippen LogP) is -0.477. The normalized spacial score (nSPS) is 13.5. The SMILES string of the molecule is NC(N)=NCC(C(=O)O)C(F)(F)F. The maximum atomic E-state index is 11.9. The number of carboxylic acids is 1. The number of hydrogen-bond donors (Lipinski definition) is 3. The molecule has 0 rings (SSSR count). The second-order valence-electron chi connectivity index (χ2n) is 2.20. The molecule has 0 aliphatic heterocycles. The van der Waals surface area contributed by atoms with Crippen LogP contribution in [-0.2, 0) is 4.79 Å². The van der Waals surface area contributed by atoms with Gasteiger partial charge in [0.25, 0.3) is 0 Å². The molecule has 13 heavy (non-hydrogen) atoms. The third-order valence-corrected chi connectivity index (χ3v) is 1.15. The van der Waals surface area contributed by atoms with Crippen LogP contribution in [0.2, 0.25) is 0 Å². The molecule has 0 bridgehead atoms. The number of aliphatic carboxylic acids is 1. The first-order chi connectivity index (χ1) is 5.75. The fraction of sp³-hybridized carbons (Fsp3) is 0.600. The molecule has 0 aromatic carbocycles. The molecule has 0 radical (unpaired) electrons. The van der Waals surface area contributed by atoms with E-state index in [-0.39, 0.29) is 0 Å². The van der Waals surface area contributed by atoms with Gasteiger partial charge in [-0.15, -0.1) is 0 Å². The standard InChI is InChI=1S/C5H8F3N3O2/c6-5(7,8)2(3(12)13)1-11-4(9)10/h2H,1H2,(H,12,13)(H4,9,10,11). The van der Waals surface area contributed by atoms with Gasteiger partial charge in [0.1, 0.15) is 0 Å². The van der Waals surface area contributed by atoms with E-state index in [1.54, 1.807) is 0 Å². The van der Waals surface area contributed by atoms with Crippen LogP contribution in [0.3, 0.4) is 0 Å². The van der Waals surface area contributed by atoms with Gasteiger partial charge in [0.15, 0.2) is 11.9 Å². The first kappa shape index (κ1) is 11.5. The minimum Gasteiger partial charge on any atom is -0.481 e. The minimum absolute atomic E-state index is 0.574. The molecule has 1 unspecified atom stereocenters. The summed E-state index contributed by atoms with van der Waals surface area (Å²) in [4.78, 5) is 13.1. The summed E-state index contributed by atoms with van der Waals surface area (Å²) in [6, 6.07) is 0. The first-order valence-corrected chi connectivity index (χ1v) is 3.10. The van der Waals surface area contributed by atoms with E-state index in [9.17, 15) is 18.0 Å². The fourth-order valence-electron chi connectivity index (χ4n) is 0.518. The minimum atomic E-state index is -4.84. The lowest BCUT2D eigenvalue weighted by atomic mass is 10.1. The van der Waals surface area contributed by atoms with E-state index in [0.29, 0.717) is 0 Å². The van der Waals surface area contributed by atoms with Gasteiger partial charge in [0.05, 0.1) is 6.54 Å². The summed E-state index contributed by atoms with van der Waals surface area (Å²) in [7, 11) is 0. The smallest absolute Gasteiger partial charge is 0.404 e. The molecule has 0 aromatic rings. The van der Waals surface area contributed by atoms with Gasteiger partial charge in [0, 0.05) is 0 Å². The molecule has 5 N–H and O–H groups in total. The van der Waals surface area contributed by atoms with Crippen molar-refractivity contribution in [3.63, 3.8) is 0 Å². The Morgan fingerprint density at radius 1 is 1.46 bits per heavy atom. The Morgan fingerprint density at radius 3 is 2.15 bits per heavy atom. The number of rotatable bonds is 3. The van der Waals surface area contributed by atoms with Crippen molar-refractivity contribution < 1.29 is 23.1 Å². The van der Waals surface area contributed by atoms with Gasteiger partial charge in [-0.1, -0.05) is 0 Å². The Balaban J connectivity index is 4.47. The second kappa shape index (κ2) is 3.97. The van der Waals surface area contributed by atoms with Crippen molar-refractivity contribution in [1.29, 1.82) is 0 Å². The largest absolute Gasteiger partial charge is 0.481 e. The molecule has 0 aliphatic carbocycles. The van der Waals surface area contributed by atoms with Crippen LogP contribution in [0.5, 0.6) is 0 Å². The highest BCUT2D eigenvalue weighted by Crippen LogP contribution is 2.26. The van der Waals surface area contributed by atoms with Crippen LogP contribution in [0.4, 0.5) is 13.2 Å². The zero-order chi connectivity index (χ0) is 10.6. The average molecular weight is 199 g/mol. The topological polar surface area (TPSA) is 102 Å². The lowest BCUT2D eigenvalue weighted by molar-refractivity contribution is -0.191. The Kier molecular flexibility index (Phi) is 3.52. The number of carbonyl (C=O) groups is 1. The second-order valence-corrected chi connectivity index (χ2v) is 2.20. The van der Waals surface area contributed by atoms with Gasteiger partial charge in [-0.2, -0.15) is 13.2 Å². The summed E-state index contributed by atoms with van der Waals surface area (Å²) in [6.07, 6.45) is -4.84. The van der Waals surface area contributed by atoms with E-state index >= 15 is 0 Å². The number of halogens is 3. The zero-order valence-electron chi connectivity index (χ0n) is 6.38. The van der Waals surface area contributed by atoms with Crippen LogP contribution >= 0.6 is 0 Å². The molecule has 0 spiro atoms. The Bertz CT molecular complexity index is 222. The van der Waals surface area contributed by atoms with Crippen LogP contribution < -0.4 is 11.5 Å². The van der Waals surface area contributed by atoms with E-state index in [1.165, 1.54) is 0 Å². The molecule has 76 valence electrons. The Hall–Kier alpha value is -1.47. The number of carboxylic acid groups (broad SMARTS) is 1. The molecular formula is C5H8F3N3O2. The summed E-state index contributed by atoms with van der Waals surface area (Å²) in [5, 5.41) is 8.15. The highest BCUT2D eigenvalue weighted by atomic mass is 19.4. The molecule has 8 heteroatoms. The molecule has 0 saturated heterocycles. The van der Waals surface area contributed by atoms with Crippen molar-refractivity contribution >= 4 is 11.9 Å². The highest BCUT2D eigenvalue weighted by molar-refractivity contribution is 5.76. The van der Waals surface area contributed by atoms with Crippen molar-refractivity contribution in [3.8, 4) is 0 Å².